The summed E-state index contributed by atoms with van der Waals surface area (Å²) >= 11 is 0. The van der Waals surface area contributed by atoms with E-state index in [2.05, 4.69) is 9.97 Å². The zero-order valence-corrected chi connectivity index (χ0v) is 9.31. The lowest BCUT2D eigenvalue weighted by atomic mass is 10.2. The number of nitrogens with zero attached hydrogens (tertiary/aromatic N) is 2. The van der Waals surface area contributed by atoms with Crippen molar-refractivity contribution in [2.24, 2.45) is 5.73 Å². The van der Waals surface area contributed by atoms with E-state index in [1.54, 1.807) is 7.11 Å². The smallest absolute Gasteiger partial charge is 0.129 e. The van der Waals surface area contributed by atoms with Crippen molar-refractivity contribution in [2.75, 3.05) is 13.7 Å². The lowest BCUT2D eigenvalue weighted by Gasteiger charge is -2.03. The number of hydrogen-bond donors (Lipinski definition) is 1. The van der Waals surface area contributed by atoms with Crippen LogP contribution in [0.15, 0.2) is 24.4 Å². The Morgan fingerprint density at radius 2 is 2.25 bits per heavy atom. The van der Waals surface area contributed by atoms with Crippen LogP contribution in [0.4, 0.5) is 0 Å². The molecule has 16 heavy (non-hydrogen) atoms. The van der Waals surface area contributed by atoms with Crippen LogP contribution in [0.3, 0.4) is 0 Å². The van der Waals surface area contributed by atoms with Crippen LogP contribution in [0.5, 0.6) is 5.75 Å². The number of fused-ring (bicyclic) bond motifs is 1. The molecule has 2 rings (SSSR count). The van der Waals surface area contributed by atoms with E-state index in [1.807, 2.05) is 24.4 Å². The van der Waals surface area contributed by atoms with E-state index < -0.39 is 0 Å². The molecule has 0 saturated heterocycles. The van der Waals surface area contributed by atoms with Gasteiger partial charge in [-0.15, -0.1) is 0 Å². The topological polar surface area (TPSA) is 61.0 Å². The third-order valence-electron chi connectivity index (χ3n) is 2.44. The lowest BCUT2D eigenvalue weighted by Crippen LogP contribution is -2.03. The molecule has 0 amide bonds. The first-order valence-corrected chi connectivity index (χ1v) is 5.33. The van der Waals surface area contributed by atoms with Crippen LogP contribution >= 0.6 is 0 Å². The second-order valence-electron chi connectivity index (χ2n) is 3.60. The maximum atomic E-state index is 5.46. The van der Waals surface area contributed by atoms with Gasteiger partial charge in [0.15, 0.2) is 0 Å². The van der Waals surface area contributed by atoms with Gasteiger partial charge in [-0.3, -0.25) is 0 Å². The summed E-state index contributed by atoms with van der Waals surface area (Å²) < 4.78 is 5.16. The molecule has 0 spiro atoms. The fourth-order valence-electron chi connectivity index (χ4n) is 1.55. The molecule has 0 fully saturated rings. The SMILES string of the molecule is COc1ccc2cnc(CCCN)nc2c1. The van der Waals surface area contributed by atoms with Gasteiger partial charge in [0, 0.05) is 24.1 Å². The molecule has 4 heteroatoms. The molecule has 1 aromatic carbocycles. The van der Waals surface area contributed by atoms with Gasteiger partial charge in [0.1, 0.15) is 11.6 Å². The van der Waals surface area contributed by atoms with Gasteiger partial charge >= 0.3 is 0 Å². The van der Waals surface area contributed by atoms with Crippen molar-refractivity contribution in [3.63, 3.8) is 0 Å². The monoisotopic (exact) mass is 217 g/mol. The second kappa shape index (κ2) is 4.90. The number of hydrogen-bond acceptors (Lipinski definition) is 4. The highest BCUT2D eigenvalue weighted by Gasteiger charge is 2.01. The van der Waals surface area contributed by atoms with Gasteiger partial charge in [0.25, 0.3) is 0 Å². The molecule has 0 radical (unpaired) electrons. The first-order chi connectivity index (χ1) is 7.83. The second-order valence-corrected chi connectivity index (χ2v) is 3.60. The van der Waals surface area contributed by atoms with Gasteiger partial charge in [-0.1, -0.05) is 0 Å². The average molecular weight is 217 g/mol. The predicted molar refractivity (Wildman–Crippen MR) is 63.5 cm³/mol. The molecule has 2 aromatic rings. The third-order valence-corrected chi connectivity index (χ3v) is 2.44. The van der Waals surface area contributed by atoms with Gasteiger partial charge < -0.3 is 10.5 Å². The van der Waals surface area contributed by atoms with Crippen molar-refractivity contribution in [2.45, 2.75) is 12.8 Å². The first-order valence-electron chi connectivity index (χ1n) is 5.33. The average Bonchev–Trinajstić information content (AvgIpc) is 2.35. The molecule has 0 saturated carbocycles. The third kappa shape index (κ3) is 2.28. The normalized spacial score (nSPS) is 10.6. The molecular formula is C12H15N3O. The van der Waals surface area contributed by atoms with Crippen LogP contribution in [0, 0.1) is 0 Å². The number of methoxy groups -OCH3 is 1. The molecule has 0 aliphatic carbocycles. The molecule has 0 atom stereocenters. The van der Waals surface area contributed by atoms with Crippen LogP contribution in [0.2, 0.25) is 0 Å². The van der Waals surface area contributed by atoms with Crippen LogP contribution in [0.25, 0.3) is 10.9 Å². The van der Waals surface area contributed by atoms with Crippen LogP contribution in [-0.4, -0.2) is 23.6 Å². The predicted octanol–water partition coefficient (Wildman–Crippen LogP) is 1.53. The number of ether oxygens (including phenoxy) is 1. The highest BCUT2D eigenvalue weighted by atomic mass is 16.5. The number of aryl methyl sites for hydroxylation is 1. The number of benzene rings is 1. The highest BCUT2D eigenvalue weighted by Crippen LogP contribution is 2.18. The Labute approximate surface area is 94.5 Å². The van der Waals surface area contributed by atoms with Crippen molar-refractivity contribution < 1.29 is 4.74 Å². The Bertz CT molecular complexity index is 485. The minimum Gasteiger partial charge on any atom is -0.497 e. The first kappa shape index (κ1) is 10.8. The van der Waals surface area contributed by atoms with E-state index in [-0.39, 0.29) is 0 Å². The maximum Gasteiger partial charge on any atom is 0.129 e. The summed E-state index contributed by atoms with van der Waals surface area (Å²) in [5.41, 5.74) is 6.38. The van der Waals surface area contributed by atoms with Gasteiger partial charge in [-0.05, 0) is 25.1 Å². The van der Waals surface area contributed by atoms with E-state index in [4.69, 9.17) is 10.5 Å². The van der Waals surface area contributed by atoms with Crippen molar-refractivity contribution in [3.05, 3.63) is 30.2 Å². The largest absolute Gasteiger partial charge is 0.497 e. The van der Waals surface area contributed by atoms with Crippen molar-refractivity contribution in [3.8, 4) is 5.75 Å². The van der Waals surface area contributed by atoms with E-state index in [9.17, 15) is 0 Å². The van der Waals surface area contributed by atoms with E-state index in [0.717, 1.165) is 35.3 Å². The molecule has 0 aliphatic rings. The van der Waals surface area contributed by atoms with E-state index in [0.29, 0.717) is 6.54 Å². The molecule has 2 N–H and O–H groups in total. The van der Waals surface area contributed by atoms with Gasteiger partial charge in [-0.25, -0.2) is 9.97 Å². The van der Waals surface area contributed by atoms with Crippen molar-refractivity contribution >= 4 is 10.9 Å². The highest BCUT2D eigenvalue weighted by molar-refractivity contribution is 5.79. The lowest BCUT2D eigenvalue weighted by molar-refractivity contribution is 0.415. The zero-order chi connectivity index (χ0) is 11.4. The molecule has 0 aliphatic heterocycles. The zero-order valence-electron chi connectivity index (χ0n) is 9.31. The Hall–Kier alpha value is -1.68. The number of aromatic nitrogens is 2. The maximum absolute atomic E-state index is 5.46. The number of rotatable bonds is 4. The fourth-order valence-corrected chi connectivity index (χ4v) is 1.55. The minimum absolute atomic E-state index is 0.666. The van der Waals surface area contributed by atoms with Gasteiger partial charge in [-0.2, -0.15) is 0 Å². The molecule has 1 aromatic heterocycles. The van der Waals surface area contributed by atoms with E-state index in [1.165, 1.54) is 0 Å². The van der Waals surface area contributed by atoms with Crippen LogP contribution in [-0.2, 0) is 6.42 Å². The summed E-state index contributed by atoms with van der Waals surface area (Å²) in [5.74, 6) is 1.65. The quantitative estimate of drug-likeness (QED) is 0.843. The van der Waals surface area contributed by atoms with Crippen LogP contribution in [0.1, 0.15) is 12.2 Å². The summed E-state index contributed by atoms with van der Waals surface area (Å²) in [6.45, 7) is 0.666. The minimum atomic E-state index is 0.666. The molecule has 0 bridgehead atoms. The number of nitrogens with two attached hydrogens (primary N) is 1. The Morgan fingerprint density at radius 1 is 1.38 bits per heavy atom. The van der Waals surface area contributed by atoms with Gasteiger partial charge in [0.2, 0.25) is 0 Å². The molecule has 4 nitrogen and oxygen atoms in total. The molecule has 1 heterocycles. The fraction of sp³-hybridized carbons (Fsp3) is 0.333. The van der Waals surface area contributed by atoms with Crippen molar-refractivity contribution in [1.82, 2.24) is 9.97 Å². The standard InChI is InChI=1S/C12H15N3O/c1-16-10-5-4-9-8-14-12(3-2-6-13)15-11(9)7-10/h4-5,7-8H,2-3,6,13H2,1H3. The molecule has 84 valence electrons. The summed E-state index contributed by atoms with van der Waals surface area (Å²) in [7, 11) is 1.65. The summed E-state index contributed by atoms with van der Waals surface area (Å²) in [6, 6.07) is 5.79. The van der Waals surface area contributed by atoms with Crippen LogP contribution < -0.4 is 10.5 Å². The van der Waals surface area contributed by atoms with E-state index >= 15 is 0 Å². The van der Waals surface area contributed by atoms with Gasteiger partial charge in [0.05, 0.1) is 12.6 Å². The summed E-state index contributed by atoms with van der Waals surface area (Å²) in [5, 5.41) is 1.03. The Balaban J connectivity index is 2.35. The Morgan fingerprint density at radius 3 is 3.00 bits per heavy atom. The Kier molecular flexibility index (Phi) is 3.31. The summed E-state index contributed by atoms with van der Waals surface area (Å²) in [4.78, 5) is 8.77. The summed E-state index contributed by atoms with van der Waals surface area (Å²) in [6.07, 6.45) is 3.58. The molecular weight excluding hydrogens is 202 g/mol. The molecule has 0 unspecified atom stereocenters. The van der Waals surface area contributed by atoms with Crippen molar-refractivity contribution in [1.29, 1.82) is 0 Å².